The standard InChI is InChI=1S/C26H21FN6O2/c1-32-24(14-22(30-32)17-9-11-18(27)12-10-17)25(34)29-15-23-20-7-2-3-8-21(20)26(35)33(31-23)16-19-6-4-5-13-28-19/h2-14H,15-16H2,1H3,(H,29,34). The van der Waals surface area contributed by atoms with Gasteiger partial charge in [-0.1, -0.05) is 24.3 Å². The SMILES string of the molecule is Cn1nc(-c2ccc(F)cc2)cc1C(=O)NCc1nn(Cc2ccccn2)c(=O)c2ccccc12. The molecule has 0 saturated heterocycles. The minimum absolute atomic E-state index is 0.110. The number of carbonyl (C=O) groups excluding carboxylic acids is 1. The number of halogens is 1. The predicted molar refractivity (Wildman–Crippen MR) is 129 cm³/mol. The number of fused-ring (bicyclic) bond motifs is 1. The van der Waals surface area contributed by atoms with Crippen LogP contribution in [0.2, 0.25) is 0 Å². The molecule has 174 valence electrons. The highest BCUT2D eigenvalue weighted by molar-refractivity contribution is 5.94. The van der Waals surface area contributed by atoms with Crippen LogP contribution in [-0.4, -0.2) is 30.5 Å². The molecule has 0 atom stereocenters. The van der Waals surface area contributed by atoms with E-state index in [-0.39, 0.29) is 30.4 Å². The molecule has 35 heavy (non-hydrogen) atoms. The van der Waals surface area contributed by atoms with Gasteiger partial charge in [0.2, 0.25) is 0 Å². The first-order chi connectivity index (χ1) is 17.0. The van der Waals surface area contributed by atoms with Crippen LogP contribution >= 0.6 is 0 Å². The monoisotopic (exact) mass is 468 g/mol. The van der Waals surface area contributed by atoms with E-state index in [0.717, 1.165) is 0 Å². The second-order valence-electron chi connectivity index (χ2n) is 8.00. The zero-order valence-corrected chi connectivity index (χ0v) is 18.9. The second kappa shape index (κ2) is 9.30. The number of aromatic nitrogens is 5. The molecule has 0 unspecified atom stereocenters. The third-order valence-corrected chi connectivity index (χ3v) is 5.65. The van der Waals surface area contributed by atoms with E-state index in [4.69, 9.17) is 0 Å². The number of amides is 1. The zero-order valence-electron chi connectivity index (χ0n) is 18.9. The summed E-state index contributed by atoms with van der Waals surface area (Å²) in [7, 11) is 1.67. The molecule has 0 aliphatic rings. The van der Waals surface area contributed by atoms with Crippen LogP contribution in [0.1, 0.15) is 21.9 Å². The van der Waals surface area contributed by atoms with Gasteiger partial charge in [0.05, 0.1) is 35.6 Å². The van der Waals surface area contributed by atoms with Crippen LogP contribution < -0.4 is 10.9 Å². The molecule has 1 N–H and O–H groups in total. The molecule has 0 radical (unpaired) electrons. The van der Waals surface area contributed by atoms with Crippen molar-refractivity contribution in [1.82, 2.24) is 29.9 Å². The van der Waals surface area contributed by atoms with E-state index in [2.05, 4.69) is 20.5 Å². The topological polar surface area (TPSA) is 94.7 Å². The molecule has 5 rings (SSSR count). The van der Waals surface area contributed by atoms with E-state index in [9.17, 15) is 14.0 Å². The van der Waals surface area contributed by atoms with E-state index in [1.54, 1.807) is 49.6 Å². The molecule has 9 heteroatoms. The van der Waals surface area contributed by atoms with Gasteiger partial charge in [-0.25, -0.2) is 9.07 Å². The molecule has 0 saturated carbocycles. The third kappa shape index (κ3) is 4.56. The van der Waals surface area contributed by atoms with Gasteiger partial charge in [-0.05, 0) is 48.5 Å². The summed E-state index contributed by atoms with van der Waals surface area (Å²) in [6.07, 6.45) is 1.66. The van der Waals surface area contributed by atoms with Crippen molar-refractivity contribution in [1.29, 1.82) is 0 Å². The smallest absolute Gasteiger partial charge is 0.275 e. The Morgan fingerprint density at radius 2 is 1.71 bits per heavy atom. The van der Waals surface area contributed by atoms with Crippen molar-refractivity contribution >= 4 is 16.7 Å². The summed E-state index contributed by atoms with van der Waals surface area (Å²) in [6, 6.07) is 20.2. The Morgan fingerprint density at radius 1 is 0.971 bits per heavy atom. The summed E-state index contributed by atoms with van der Waals surface area (Å²) in [5.74, 6) is -0.687. The molecule has 3 heterocycles. The van der Waals surface area contributed by atoms with Gasteiger partial charge >= 0.3 is 0 Å². The van der Waals surface area contributed by atoms with Crippen molar-refractivity contribution < 1.29 is 9.18 Å². The Hall–Kier alpha value is -4.66. The predicted octanol–water partition coefficient (Wildman–Crippen LogP) is 3.31. The summed E-state index contributed by atoms with van der Waals surface area (Å²) in [5, 5.41) is 13.0. The zero-order chi connectivity index (χ0) is 24.4. The van der Waals surface area contributed by atoms with Crippen LogP contribution in [0.3, 0.4) is 0 Å². The molecule has 0 aliphatic heterocycles. The van der Waals surface area contributed by atoms with E-state index in [1.165, 1.54) is 21.5 Å². The number of rotatable bonds is 6. The van der Waals surface area contributed by atoms with Crippen molar-refractivity contribution in [3.63, 3.8) is 0 Å². The van der Waals surface area contributed by atoms with E-state index in [1.807, 2.05) is 24.3 Å². The number of carbonyl (C=O) groups is 1. The average Bonchev–Trinajstić information content (AvgIpc) is 3.27. The number of hydrogen-bond donors (Lipinski definition) is 1. The van der Waals surface area contributed by atoms with Crippen LogP contribution in [0.4, 0.5) is 4.39 Å². The number of nitrogens with zero attached hydrogens (tertiary/aromatic N) is 5. The van der Waals surface area contributed by atoms with Gasteiger partial charge in [-0.15, -0.1) is 0 Å². The fourth-order valence-electron chi connectivity index (χ4n) is 3.88. The molecular weight excluding hydrogens is 447 g/mol. The van der Waals surface area contributed by atoms with Gasteiger partial charge in [0.25, 0.3) is 11.5 Å². The first kappa shape index (κ1) is 22.1. The minimum atomic E-state index is -0.346. The molecule has 0 aliphatic carbocycles. The number of pyridine rings is 1. The second-order valence-corrected chi connectivity index (χ2v) is 8.00. The van der Waals surface area contributed by atoms with E-state index < -0.39 is 0 Å². The van der Waals surface area contributed by atoms with Gasteiger partial charge in [-0.2, -0.15) is 10.2 Å². The van der Waals surface area contributed by atoms with Gasteiger partial charge in [0.1, 0.15) is 11.5 Å². The maximum absolute atomic E-state index is 13.2. The minimum Gasteiger partial charge on any atom is -0.345 e. The van der Waals surface area contributed by atoms with Crippen molar-refractivity contribution in [3.8, 4) is 11.3 Å². The van der Waals surface area contributed by atoms with Crippen molar-refractivity contribution in [2.75, 3.05) is 0 Å². The van der Waals surface area contributed by atoms with Crippen LogP contribution in [0.25, 0.3) is 22.0 Å². The lowest BCUT2D eigenvalue weighted by Gasteiger charge is -2.12. The normalized spacial score (nSPS) is 11.0. The number of nitrogens with one attached hydrogen (secondary N) is 1. The molecular formula is C26H21FN6O2. The Balaban J connectivity index is 1.42. The summed E-state index contributed by atoms with van der Waals surface area (Å²) >= 11 is 0. The van der Waals surface area contributed by atoms with Crippen LogP contribution in [0, 0.1) is 5.82 Å². The molecule has 2 aromatic carbocycles. The molecule has 3 aromatic heterocycles. The Morgan fingerprint density at radius 3 is 2.46 bits per heavy atom. The Bertz CT molecular complexity index is 1580. The average molecular weight is 468 g/mol. The highest BCUT2D eigenvalue weighted by atomic mass is 19.1. The summed E-state index contributed by atoms with van der Waals surface area (Å²) in [4.78, 5) is 30.3. The maximum atomic E-state index is 13.2. The number of hydrogen-bond acceptors (Lipinski definition) is 5. The van der Waals surface area contributed by atoms with E-state index in [0.29, 0.717) is 39.1 Å². The first-order valence-electron chi connectivity index (χ1n) is 11.0. The van der Waals surface area contributed by atoms with Crippen LogP contribution in [0.5, 0.6) is 0 Å². The quantitative estimate of drug-likeness (QED) is 0.413. The lowest BCUT2D eigenvalue weighted by Crippen LogP contribution is -2.29. The highest BCUT2D eigenvalue weighted by Crippen LogP contribution is 2.19. The maximum Gasteiger partial charge on any atom is 0.275 e. The summed E-state index contributed by atoms with van der Waals surface area (Å²) in [6.45, 7) is 0.327. The fourth-order valence-corrected chi connectivity index (χ4v) is 3.88. The fraction of sp³-hybridized carbons (Fsp3) is 0.115. The van der Waals surface area contributed by atoms with Crippen molar-refractivity contribution in [2.24, 2.45) is 7.05 Å². The molecule has 0 spiro atoms. The lowest BCUT2D eigenvalue weighted by molar-refractivity contribution is 0.0941. The number of benzene rings is 2. The lowest BCUT2D eigenvalue weighted by atomic mass is 10.1. The van der Waals surface area contributed by atoms with Crippen molar-refractivity contribution in [2.45, 2.75) is 13.1 Å². The molecule has 0 fully saturated rings. The Kier molecular flexibility index (Phi) is 5.88. The summed E-state index contributed by atoms with van der Waals surface area (Å²) < 4.78 is 16.1. The van der Waals surface area contributed by atoms with Gasteiger partial charge in [-0.3, -0.25) is 19.3 Å². The van der Waals surface area contributed by atoms with Crippen LogP contribution in [0.15, 0.2) is 83.8 Å². The van der Waals surface area contributed by atoms with Gasteiger partial charge in [0.15, 0.2) is 0 Å². The van der Waals surface area contributed by atoms with Gasteiger partial charge in [0, 0.05) is 24.2 Å². The number of aryl methyl sites for hydroxylation is 1. The molecule has 8 nitrogen and oxygen atoms in total. The van der Waals surface area contributed by atoms with Crippen LogP contribution in [-0.2, 0) is 20.1 Å². The van der Waals surface area contributed by atoms with Crippen molar-refractivity contribution in [3.05, 3.63) is 112 Å². The summed E-state index contributed by atoms with van der Waals surface area (Å²) in [5.41, 5.74) is 2.65. The molecule has 5 aromatic rings. The highest BCUT2D eigenvalue weighted by Gasteiger charge is 2.16. The third-order valence-electron chi connectivity index (χ3n) is 5.65. The molecule has 1 amide bonds. The molecule has 0 bridgehead atoms. The first-order valence-corrected chi connectivity index (χ1v) is 11.0. The Labute approximate surface area is 199 Å². The largest absolute Gasteiger partial charge is 0.345 e. The van der Waals surface area contributed by atoms with Gasteiger partial charge < -0.3 is 5.32 Å². The van der Waals surface area contributed by atoms with E-state index >= 15 is 0 Å².